The van der Waals surface area contributed by atoms with Crippen molar-refractivity contribution in [2.75, 3.05) is 13.1 Å². The third-order valence-electron chi connectivity index (χ3n) is 10.3. The summed E-state index contributed by atoms with van der Waals surface area (Å²) in [6, 6.07) is 6.94. The van der Waals surface area contributed by atoms with Crippen molar-refractivity contribution in [1.29, 1.82) is 0 Å². The van der Waals surface area contributed by atoms with Gasteiger partial charge in [0.1, 0.15) is 6.04 Å². The molecule has 220 valence electrons. The first kappa shape index (κ1) is 29.4. The van der Waals surface area contributed by atoms with E-state index in [1.54, 1.807) is 0 Å². The highest BCUT2D eigenvalue weighted by Crippen LogP contribution is 2.49. The molecule has 5 rings (SSSR count). The quantitative estimate of drug-likeness (QED) is 0.428. The Kier molecular flexibility index (Phi) is 8.85. The molecule has 7 heteroatoms. The van der Waals surface area contributed by atoms with Crippen molar-refractivity contribution in [2.24, 2.45) is 29.1 Å². The lowest BCUT2D eigenvalue weighted by atomic mass is 9.63. The van der Waals surface area contributed by atoms with Crippen LogP contribution in [0.15, 0.2) is 24.3 Å². The second-order valence-corrected chi connectivity index (χ2v) is 14.6. The number of rotatable bonds is 7. The molecule has 1 saturated heterocycles. The lowest BCUT2D eigenvalue weighted by Gasteiger charge is -2.48. The number of carbonyl (C=O) groups excluding carboxylic acids is 3. The van der Waals surface area contributed by atoms with Gasteiger partial charge in [0.2, 0.25) is 17.7 Å². The molecule has 3 aliphatic carbocycles. The van der Waals surface area contributed by atoms with E-state index in [-0.39, 0.29) is 29.2 Å². The van der Waals surface area contributed by atoms with Gasteiger partial charge in [-0.25, -0.2) is 0 Å². The van der Waals surface area contributed by atoms with Crippen molar-refractivity contribution < 1.29 is 14.4 Å². The smallest absolute Gasteiger partial charge is 0.245 e. The summed E-state index contributed by atoms with van der Waals surface area (Å²) in [6.07, 6.45) is 12.0. The predicted molar refractivity (Wildman–Crippen MR) is 159 cm³/mol. The minimum absolute atomic E-state index is 0.0278. The number of amides is 3. The first-order chi connectivity index (χ1) is 19.0. The maximum atomic E-state index is 14.1. The Labute approximate surface area is 245 Å². The number of halogens is 1. The molecule has 1 heterocycles. The van der Waals surface area contributed by atoms with Crippen molar-refractivity contribution in [3.8, 4) is 0 Å². The molecular formula is C33H48ClN3O3. The van der Waals surface area contributed by atoms with E-state index in [2.05, 4.69) is 10.6 Å². The van der Waals surface area contributed by atoms with Crippen molar-refractivity contribution in [2.45, 2.75) is 109 Å². The summed E-state index contributed by atoms with van der Waals surface area (Å²) in [6.45, 7) is 7.22. The lowest BCUT2D eigenvalue weighted by molar-refractivity contribution is -0.147. The van der Waals surface area contributed by atoms with E-state index in [1.165, 1.54) is 25.7 Å². The summed E-state index contributed by atoms with van der Waals surface area (Å²) < 4.78 is 0. The second kappa shape index (κ2) is 12.0. The molecule has 3 amide bonds. The number of nitrogens with one attached hydrogen (secondary N) is 2. The number of nitrogens with zero attached hydrogens (tertiary/aromatic N) is 1. The van der Waals surface area contributed by atoms with Gasteiger partial charge in [0.15, 0.2) is 0 Å². The van der Waals surface area contributed by atoms with Gasteiger partial charge in [0.25, 0.3) is 0 Å². The second-order valence-electron chi connectivity index (χ2n) is 14.2. The first-order valence-electron chi connectivity index (χ1n) is 15.7. The van der Waals surface area contributed by atoms with Crippen LogP contribution in [0, 0.1) is 29.1 Å². The Balaban J connectivity index is 1.31. The Hall–Kier alpha value is -2.08. The number of benzene rings is 1. The summed E-state index contributed by atoms with van der Waals surface area (Å²) in [7, 11) is 0. The zero-order chi connectivity index (χ0) is 28.5. The van der Waals surface area contributed by atoms with Crippen LogP contribution in [0.5, 0.6) is 0 Å². The van der Waals surface area contributed by atoms with Crippen LogP contribution in [0.4, 0.5) is 0 Å². The molecule has 3 saturated carbocycles. The van der Waals surface area contributed by atoms with E-state index in [1.807, 2.05) is 49.9 Å². The van der Waals surface area contributed by atoms with Crippen LogP contribution < -0.4 is 10.6 Å². The molecule has 0 spiro atoms. The van der Waals surface area contributed by atoms with Gasteiger partial charge in [-0.05, 0) is 101 Å². The zero-order valence-corrected chi connectivity index (χ0v) is 25.4. The highest BCUT2D eigenvalue weighted by molar-refractivity contribution is 6.30. The van der Waals surface area contributed by atoms with E-state index in [4.69, 9.17) is 11.6 Å². The van der Waals surface area contributed by atoms with Gasteiger partial charge in [-0.2, -0.15) is 0 Å². The summed E-state index contributed by atoms with van der Waals surface area (Å²) >= 11 is 6.12. The summed E-state index contributed by atoms with van der Waals surface area (Å²) in [4.78, 5) is 43.2. The average Bonchev–Trinajstić information content (AvgIpc) is 3.57. The van der Waals surface area contributed by atoms with Crippen LogP contribution in [-0.4, -0.2) is 47.3 Å². The first-order valence-corrected chi connectivity index (χ1v) is 16.1. The molecule has 40 heavy (non-hydrogen) atoms. The lowest BCUT2D eigenvalue weighted by Crippen LogP contribution is -2.59. The maximum Gasteiger partial charge on any atom is 0.245 e. The average molecular weight is 570 g/mol. The Bertz CT molecular complexity index is 1070. The van der Waals surface area contributed by atoms with Gasteiger partial charge in [-0.3, -0.25) is 14.4 Å². The van der Waals surface area contributed by atoms with Crippen molar-refractivity contribution >= 4 is 29.3 Å². The SMILES string of the molecule is CC(C)(C)NC(=O)C1(C2CCCCC2)CCN(C(=O)[C@@H](Cc2ccc(Cl)cc2)NC(=O)C2CC3CCC2C3)CC1. The fourth-order valence-corrected chi connectivity index (χ4v) is 8.31. The number of fused-ring (bicyclic) bond motifs is 2. The minimum atomic E-state index is -0.613. The van der Waals surface area contributed by atoms with Gasteiger partial charge < -0.3 is 15.5 Å². The molecule has 4 atom stereocenters. The van der Waals surface area contributed by atoms with Crippen molar-refractivity contribution in [1.82, 2.24) is 15.5 Å². The molecule has 4 aliphatic rings. The number of hydrogen-bond donors (Lipinski definition) is 2. The largest absolute Gasteiger partial charge is 0.351 e. The molecule has 1 aromatic carbocycles. The highest BCUT2D eigenvalue weighted by atomic mass is 35.5. The monoisotopic (exact) mass is 569 g/mol. The predicted octanol–water partition coefficient (Wildman–Crippen LogP) is 5.91. The fourth-order valence-electron chi connectivity index (χ4n) is 8.19. The molecular weight excluding hydrogens is 522 g/mol. The van der Waals surface area contributed by atoms with E-state index in [0.717, 1.165) is 37.7 Å². The molecule has 2 bridgehead atoms. The van der Waals surface area contributed by atoms with E-state index in [0.29, 0.717) is 55.1 Å². The number of piperidine rings is 1. The van der Waals surface area contributed by atoms with E-state index < -0.39 is 11.5 Å². The molecule has 3 unspecified atom stereocenters. The molecule has 4 fully saturated rings. The third-order valence-corrected chi connectivity index (χ3v) is 10.6. The minimum Gasteiger partial charge on any atom is -0.351 e. The van der Waals surface area contributed by atoms with E-state index >= 15 is 0 Å². The van der Waals surface area contributed by atoms with Gasteiger partial charge in [-0.15, -0.1) is 0 Å². The van der Waals surface area contributed by atoms with Gasteiger partial charge >= 0.3 is 0 Å². The topological polar surface area (TPSA) is 78.5 Å². The van der Waals surface area contributed by atoms with Crippen LogP contribution in [0.25, 0.3) is 0 Å². The number of likely N-dealkylation sites (tertiary alicyclic amines) is 1. The van der Waals surface area contributed by atoms with Crippen LogP contribution in [0.1, 0.15) is 97.0 Å². The van der Waals surface area contributed by atoms with Crippen molar-refractivity contribution in [3.05, 3.63) is 34.9 Å². The van der Waals surface area contributed by atoms with Crippen LogP contribution >= 0.6 is 11.6 Å². The number of hydrogen-bond acceptors (Lipinski definition) is 3. The van der Waals surface area contributed by atoms with Gasteiger partial charge in [0.05, 0.1) is 5.41 Å². The van der Waals surface area contributed by atoms with E-state index in [9.17, 15) is 14.4 Å². The van der Waals surface area contributed by atoms with Crippen LogP contribution in [-0.2, 0) is 20.8 Å². The molecule has 6 nitrogen and oxygen atoms in total. The third kappa shape index (κ3) is 6.53. The molecule has 0 aromatic heterocycles. The van der Waals surface area contributed by atoms with Gasteiger partial charge in [-0.1, -0.05) is 49.4 Å². The Morgan fingerprint density at radius 1 is 0.975 bits per heavy atom. The zero-order valence-electron chi connectivity index (χ0n) is 24.6. The Morgan fingerprint density at radius 2 is 1.65 bits per heavy atom. The van der Waals surface area contributed by atoms with Crippen molar-refractivity contribution in [3.63, 3.8) is 0 Å². The normalized spacial score (nSPS) is 27.3. The molecule has 1 aliphatic heterocycles. The summed E-state index contributed by atoms with van der Waals surface area (Å²) in [5.74, 6) is 1.69. The standard InChI is InChI=1S/C33H48ClN3O3/c1-32(2,3)36-31(40)33(25-7-5-4-6-8-25)15-17-37(18-16-33)30(39)28(21-22-10-13-26(34)14-11-22)35-29(38)27-20-23-9-12-24(27)19-23/h10-11,13-14,23-25,27-28H,4-9,12,15-21H2,1-3H3,(H,35,38)(H,36,40)/t23?,24?,27?,28-/m1/s1. The highest BCUT2D eigenvalue weighted by Gasteiger charge is 2.49. The van der Waals surface area contributed by atoms with Crippen LogP contribution in [0.3, 0.4) is 0 Å². The molecule has 2 N–H and O–H groups in total. The summed E-state index contributed by atoms with van der Waals surface area (Å²) in [5, 5.41) is 7.14. The fraction of sp³-hybridized carbons (Fsp3) is 0.727. The van der Waals surface area contributed by atoms with Crippen LogP contribution in [0.2, 0.25) is 5.02 Å². The maximum absolute atomic E-state index is 14.1. The number of carbonyl (C=O) groups is 3. The molecule has 1 aromatic rings. The summed E-state index contributed by atoms with van der Waals surface area (Å²) in [5.41, 5.74) is 0.260. The van der Waals surface area contributed by atoms with Gasteiger partial charge in [0, 0.05) is 36.0 Å². The molecule has 0 radical (unpaired) electrons. The Morgan fingerprint density at radius 3 is 2.23 bits per heavy atom.